The highest BCUT2D eigenvalue weighted by Crippen LogP contribution is 2.47. The third kappa shape index (κ3) is 2.33. The van der Waals surface area contributed by atoms with Gasteiger partial charge in [-0.25, -0.2) is 4.20 Å². The summed E-state index contributed by atoms with van der Waals surface area (Å²) in [6, 6.07) is 9.69. The van der Waals surface area contributed by atoms with Gasteiger partial charge in [0.2, 0.25) is 0 Å². The van der Waals surface area contributed by atoms with Crippen molar-refractivity contribution in [2.75, 3.05) is 0 Å². The van der Waals surface area contributed by atoms with Crippen molar-refractivity contribution in [2.45, 2.75) is 37.8 Å². The lowest BCUT2D eigenvalue weighted by molar-refractivity contribution is 0.504. The van der Waals surface area contributed by atoms with E-state index < -0.39 is 8.23 Å². The van der Waals surface area contributed by atoms with Crippen molar-refractivity contribution in [3.8, 4) is 0 Å². The van der Waals surface area contributed by atoms with Crippen LogP contribution in [0.2, 0.25) is 0 Å². The number of benzene rings is 1. The normalized spacial score (nSPS) is 20.6. The van der Waals surface area contributed by atoms with Crippen LogP contribution in [-0.2, 0) is 0 Å². The van der Waals surface area contributed by atoms with E-state index in [1.807, 2.05) is 30.3 Å². The minimum absolute atomic E-state index is 0.334. The van der Waals surface area contributed by atoms with Gasteiger partial charge in [0.05, 0.1) is 0 Å². The molecule has 14 heavy (non-hydrogen) atoms. The van der Waals surface area contributed by atoms with Gasteiger partial charge in [-0.1, -0.05) is 49.6 Å². The van der Waals surface area contributed by atoms with Gasteiger partial charge in [0.1, 0.15) is 8.23 Å². The van der Waals surface area contributed by atoms with E-state index in [1.165, 1.54) is 19.3 Å². The maximum atomic E-state index is 14.1. The molecular formula is C12H16FP. The molecule has 2 heteroatoms. The Labute approximate surface area is 86.4 Å². The van der Waals surface area contributed by atoms with Crippen LogP contribution in [0, 0.1) is 0 Å². The van der Waals surface area contributed by atoms with Gasteiger partial charge in [0, 0.05) is 11.0 Å². The van der Waals surface area contributed by atoms with Crippen molar-refractivity contribution >= 4 is 13.5 Å². The fourth-order valence-electron chi connectivity index (χ4n) is 2.09. The van der Waals surface area contributed by atoms with Gasteiger partial charge in [-0.05, 0) is 12.8 Å². The van der Waals surface area contributed by atoms with Crippen LogP contribution in [0.25, 0.3) is 0 Å². The van der Waals surface area contributed by atoms with E-state index in [2.05, 4.69) is 0 Å². The van der Waals surface area contributed by atoms with Gasteiger partial charge in [-0.3, -0.25) is 0 Å². The molecule has 0 nitrogen and oxygen atoms in total. The Morgan fingerprint density at radius 2 is 1.64 bits per heavy atom. The molecule has 0 saturated heterocycles. The fourth-order valence-corrected chi connectivity index (χ4v) is 3.79. The molecule has 1 fully saturated rings. The van der Waals surface area contributed by atoms with E-state index >= 15 is 0 Å². The zero-order chi connectivity index (χ0) is 9.80. The molecule has 1 aromatic carbocycles. The summed E-state index contributed by atoms with van der Waals surface area (Å²) in [5.41, 5.74) is 0.334. The van der Waals surface area contributed by atoms with E-state index in [9.17, 15) is 4.20 Å². The highest BCUT2D eigenvalue weighted by Gasteiger charge is 2.24. The Morgan fingerprint density at radius 3 is 2.29 bits per heavy atom. The molecule has 0 amide bonds. The molecule has 1 aliphatic carbocycles. The van der Waals surface area contributed by atoms with Crippen molar-refractivity contribution < 1.29 is 4.20 Å². The largest absolute Gasteiger partial charge is 0.222 e. The first-order chi connectivity index (χ1) is 6.88. The van der Waals surface area contributed by atoms with E-state index in [-0.39, 0.29) is 0 Å². The molecule has 0 heterocycles. The molecule has 0 spiro atoms. The first-order valence-electron chi connectivity index (χ1n) is 5.38. The molecule has 2 rings (SSSR count). The maximum absolute atomic E-state index is 14.1. The van der Waals surface area contributed by atoms with Gasteiger partial charge < -0.3 is 0 Å². The lowest BCUT2D eigenvalue weighted by Gasteiger charge is -2.24. The summed E-state index contributed by atoms with van der Waals surface area (Å²) in [7, 11) is -1.39. The Morgan fingerprint density at radius 1 is 1.00 bits per heavy atom. The Balaban J connectivity index is 2.03. The fraction of sp³-hybridized carbons (Fsp3) is 0.500. The summed E-state index contributed by atoms with van der Waals surface area (Å²) in [4.78, 5) is 0. The average Bonchev–Trinajstić information content (AvgIpc) is 2.30. The van der Waals surface area contributed by atoms with Crippen LogP contribution in [0.3, 0.4) is 0 Å². The van der Waals surface area contributed by atoms with Crippen molar-refractivity contribution in [2.24, 2.45) is 0 Å². The standard InChI is InChI=1S/C12H16FP/c13-14(11-7-3-1-4-8-11)12-9-5-2-6-10-12/h1,3-4,7-8,12H,2,5-6,9-10H2. The first kappa shape index (κ1) is 10.1. The molecule has 0 aromatic heterocycles. The summed E-state index contributed by atoms with van der Waals surface area (Å²) in [6.45, 7) is 0. The molecule has 1 unspecified atom stereocenters. The van der Waals surface area contributed by atoms with Crippen LogP contribution in [-0.4, -0.2) is 5.66 Å². The van der Waals surface area contributed by atoms with Crippen molar-refractivity contribution in [1.82, 2.24) is 0 Å². The van der Waals surface area contributed by atoms with E-state index in [1.54, 1.807) is 0 Å². The van der Waals surface area contributed by atoms with E-state index in [0.717, 1.165) is 18.1 Å². The molecular weight excluding hydrogens is 194 g/mol. The van der Waals surface area contributed by atoms with Crippen LogP contribution >= 0.6 is 8.23 Å². The van der Waals surface area contributed by atoms with Gasteiger partial charge in [-0.15, -0.1) is 0 Å². The zero-order valence-electron chi connectivity index (χ0n) is 8.32. The summed E-state index contributed by atoms with van der Waals surface area (Å²) in [6.07, 6.45) is 5.93. The second-order valence-corrected chi connectivity index (χ2v) is 5.81. The van der Waals surface area contributed by atoms with Gasteiger partial charge >= 0.3 is 0 Å². The molecule has 1 aromatic rings. The van der Waals surface area contributed by atoms with Gasteiger partial charge in [0.25, 0.3) is 0 Å². The lowest BCUT2D eigenvalue weighted by Crippen LogP contribution is -2.14. The molecule has 1 atom stereocenters. The van der Waals surface area contributed by atoms with Crippen LogP contribution in [0.5, 0.6) is 0 Å². The molecule has 0 aliphatic heterocycles. The van der Waals surface area contributed by atoms with E-state index in [0.29, 0.717) is 5.66 Å². The van der Waals surface area contributed by atoms with Crippen LogP contribution < -0.4 is 5.30 Å². The number of hydrogen-bond acceptors (Lipinski definition) is 0. The minimum Gasteiger partial charge on any atom is -0.222 e. The monoisotopic (exact) mass is 210 g/mol. The maximum Gasteiger partial charge on any atom is 0.116 e. The van der Waals surface area contributed by atoms with Crippen LogP contribution in [0.4, 0.5) is 4.20 Å². The minimum atomic E-state index is -1.39. The lowest BCUT2D eigenvalue weighted by atomic mass is 10.0. The predicted molar refractivity (Wildman–Crippen MR) is 61.0 cm³/mol. The van der Waals surface area contributed by atoms with Crippen LogP contribution in [0.1, 0.15) is 32.1 Å². The smallest absolute Gasteiger partial charge is 0.116 e. The number of rotatable bonds is 2. The van der Waals surface area contributed by atoms with Crippen molar-refractivity contribution in [3.05, 3.63) is 30.3 Å². The zero-order valence-corrected chi connectivity index (χ0v) is 9.22. The summed E-state index contributed by atoms with van der Waals surface area (Å²) in [5.74, 6) is 0. The summed E-state index contributed by atoms with van der Waals surface area (Å²) < 4.78 is 14.1. The summed E-state index contributed by atoms with van der Waals surface area (Å²) in [5, 5.41) is 0.925. The third-order valence-corrected chi connectivity index (χ3v) is 4.85. The van der Waals surface area contributed by atoms with E-state index in [4.69, 9.17) is 0 Å². The highest BCUT2D eigenvalue weighted by molar-refractivity contribution is 7.61. The Bertz CT molecular complexity index is 267. The van der Waals surface area contributed by atoms with Gasteiger partial charge in [-0.2, -0.15) is 0 Å². The topological polar surface area (TPSA) is 0 Å². The number of halogens is 1. The van der Waals surface area contributed by atoms with Crippen molar-refractivity contribution in [1.29, 1.82) is 0 Å². The molecule has 1 aliphatic rings. The molecule has 0 bridgehead atoms. The predicted octanol–water partition coefficient (Wildman–Crippen LogP) is 4.01. The molecule has 0 radical (unpaired) electrons. The first-order valence-corrected chi connectivity index (χ1v) is 6.68. The Hall–Kier alpha value is -0.420. The Kier molecular flexibility index (Phi) is 3.53. The average molecular weight is 210 g/mol. The second-order valence-electron chi connectivity index (χ2n) is 3.94. The van der Waals surface area contributed by atoms with Crippen LogP contribution in [0.15, 0.2) is 30.3 Å². The quantitative estimate of drug-likeness (QED) is 0.647. The highest BCUT2D eigenvalue weighted by atomic mass is 31.2. The second kappa shape index (κ2) is 4.89. The summed E-state index contributed by atoms with van der Waals surface area (Å²) >= 11 is 0. The SMILES string of the molecule is FP(c1ccccc1)C1CCCCC1. The van der Waals surface area contributed by atoms with Gasteiger partial charge in [0.15, 0.2) is 0 Å². The molecule has 1 saturated carbocycles. The number of hydrogen-bond donors (Lipinski definition) is 0. The van der Waals surface area contributed by atoms with Crippen molar-refractivity contribution in [3.63, 3.8) is 0 Å². The molecule has 76 valence electrons. The third-order valence-electron chi connectivity index (χ3n) is 2.90. The molecule has 0 N–H and O–H groups in total.